The van der Waals surface area contributed by atoms with Crippen molar-refractivity contribution >= 4 is 10.9 Å². The van der Waals surface area contributed by atoms with E-state index in [1.165, 1.54) is 0 Å². The highest BCUT2D eigenvalue weighted by Crippen LogP contribution is 2.22. The number of hydrogen-bond acceptors (Lipinski definition) is 4. The second-order valence-electron chi connectivity index (χ2n) is 7.43. The molecule has 1 fully saturated rings. The molecule has 2 aromatic rings. The highest BCUT2D eigenvalue weighted by Gasteiger charge is 2.21. The van der Waals surface area contributed by atoms with E-state index < -0.39 is 0 Å². The van der Waals surface area contributed by atoms with Crippen molar-refractivity contribution in [1.29, 1.82) is 0 Å². The van der Waals surface area contributed by atoms with Gasteiger partial charge in [-0.25, -0.2) is 4.39 Å². The van der Waals surface area contributed by atoms with Crippen molar-refractivity contribution in [2.45, 2.75) is 32.4 Å². The third-order valence-corrected chi connectivity index (χ3v) is 4.99. The number of halogens is 1. The van der Waals surface area contributed by atoms with Gasteiger partial charge in [-0.1, -0.05) is 6.07 Å². The maximum absolute atomic E-state index is 13.9. The number of aliphatic hydroxyl groups is 1. The zero-order valence-corrected chi connectivity index (χ0v) is 15.2. The summed E-state index contributed by atoms with van der Waals surface area (Å²) in [6.07, 6.45) is 3.81. The molecule has 25 heavy (non-hydrogen) atoms. The molecule has 1 atom stereocenters. The molecular formula is C20H28FN3O. The summed E-state index contributed by atoms with van der Waals surface area (Å²) in [4.78, 5) is 9.05. The molecule has 2 heterocycles. The molecule has 0 aliphatic carbocycles. The maximum atomic E-state index is 13.9. The van der Waals surface area contributed by atoms with Crippen molar-refractivity contribution in [1.82, 2.24) is 14.8 Å². The minimum atomic E-state index is -0.256. The molecule has 0 unspecified atom stereocenters. The number of aromatic nitrogens is 1. The molecule has 136 valence electrons. The number of rotatable bonds is 6. The topological polar surface area (TPSA) is 39.6 Å². The van der Waals surface area contributed by atoms with Crippen LogP contribution in [0.2, 0.25) is 0 Å². The maximum Gasteiger partial charge on any atom is 0.124 e. The van der Waals surface area contributed by atoms with E-state index in [2.05, 4.69) is 21.8 Å². The summed E-state index contributed by atoms with van der Waals surface area (Å²) >= 11 is 0. The first-order chi connectivity index (χ1) is 12.0. The van der Waals surface area contributed by atoms with Crippen LogP contribution in [0.25, 0.3) is 10.9 Å². The Bertz CT molecular complexity index is 698. The zero-order valence-electron chi connectivity index (χ0n) is 15.2. The second-order valence-corrected chi connectivity index (χ2v) is 7.43. The Balaban J connectivity index is 1.58. The van der Waals surface area contributed by atoms with Crippen molar-refractivity contribution < 1.29 is 9.50 Å². The van der Waals surface area contributed by atoms with Gasteiger partial charge < -0.3 is 14.9 Å². The fraction of sp³-hybridized carbons (Fsp3) is 0.550. The van der Waals surface area contributed by atoms with E-state index in [9.17, 15) is 9.50 Å². The van der Waals surface area contributed by atoms with E-state index in [0.717, 1.165) is 55.5 Å². The number of hydrogen-bond donors (Lipinski definition) is 1. The first kappa shape index (κ1) is 18.2. The largest absolute Gasteiger partial charge is 0.392 e. The minimum Gasteiger partial charge on any atom is -0.392 e. The van der Waals surface area contributed by atoms with Crippen LogP contribution in [0.1, 0.15) is 25.3 Å². The molecule has 0 radical (unpaired) electrons. The van der Waals surface area contributed by atoms with E-state index in [0.29, 0.717) is 12.5 Å². The lowest BCUT2D eigenvalue weighted by Crippen LogP contribution is -2.40. The van der Waals surface area contributed by atoms with Gasteiger partial charge in [0.2, 0.25) is 0 Å². The van der Waals surface area contributed by atoms with Crippen molar-refractivity contribution in [3.8, 4) is 0 Å². The van der Waals surface area contributed by atoms with Crippen LogP contribution >= 0.6 is 0 Å². The molecule has 1 saturated heterocycles. The average Bonchev–Trinajstić information content (AvgIpc) is 2.56. The second kappa shape index (κ2) is 8.21. The lowest BCUT2D eigenvalue weighted by Gasteiger charge is -2.34. The van der Waals surface area contributed by atoms with Crippen LogP contribution in [0.15, 0.2) is 30.5 Å². The Hall–Kier alpha value is -1.56. The van der Waals surface area contributed by atoms with E-state index in [4.69, 9.17) is 0 Å². The van der Waals surface area contributed by atoms with Gasteiger partial charge >= 0.3 is 0 Å². The third-order valence-electron chi connectivity index (χ3n) is 4.99. The molecule has 0 spiro atoms. The molecule has 5 heteroatoms. The molecule has 1 aromatic carbocycles. The first-order valence-corrected chi connectivity index (χ1v) is 9.13. The fourth-order valence-electron chi connectivity index (χ4n) is 3.87. The molecule has 0 saturated carbocycles. The summed E-state index contributed by atoms with van der Waals surface area (Å²) < 4.78 is 13.9. The lowest BCUT2D eigenvalue weighted by atomic mass is 9.96. The van der Waals surface area contributed by atoms with Gasteiger partial charge in [0.05, 0.1) is 11.6 Å². The van der Waals surface area contributed by atoms with Crippen LogP contribution in [0, 0.1) is 11.7 Å². The summed E-state index contributed by atoms with van der Waals surface area (Å²) in [5.74, 6) is 0.457. The van der Waals surface area contributed by atoms with Crippen molar-refractivity contribution in [2.24, 2.45) is 5.92 Å². The lowest BCUT2D eigenvalue weighted by molar-refractivity contribution is 0.0920. The van der Waals surface area contributed by atoms with Crippen LogP contribution in [-0.2, 0) is 6.54 Å². The van der Waals surface area contributed by atoms with Crippen LogP contribution in [0.5, 0.6) is 0 Å². The summed E-state index contributed by atoms with van der Waals surface area (Å²) in [7, 11) is 2.10. The van der Waals surface area contributed by atoms with Crippen LogP contribution < -0.4 is 0 Å². The van der Waals surface area contributed by atoms with E-state index in [1.807, 2.05) is 19.1 Å². The quantitative estimate of drug-likeness (QED) is 0.874. The Morgan fingerprint density at radius 1 is 1.36 bits per heavy atom. The molecule has 1 N–H and O–H groups in total. The summed E-state index contributed by atoms with van der Waals surface area (Å²) in [6.45, 7) is 6.43. The number of benzene rings is 1. The molecular weight excluding hydrogens is 317 g/mol. The monoisotopic (exact) mass is 345 g/mol. The number of pyridine rings is 1. The summed E-state index contributed by atoms with van der Waals surface area (Å²) in [5.41, 5.74) is 1.84. The molecule has 0 bridgehead atoms. The van der Waals surface area contributed by atoms with Crippen LogP contribution in [0.3, 0.4) is 0 Å². The summed E-state index contributed by atoms with van der Waals surface area (Å²) in [5, 5.41) is 10.4. The Morgan fingerprint density at radius 2 is 2.12 bits per heavy atom. The van der Waals surface area contributed by atoms with Crippen LogP contribution in [0.4, 0.5) is 4.39 Å². The molecule has 1 aromatic heterocycles. The average molecular weight is 345 g/mol. The van der Waals surface area contributed by atoms with Crippen molar-refractivity contribution in [2.75, 3.05) is 33.2 Å². The van der Waals surface area contributed by atoms with Gasteiger partial charge in [0.1, 0.15) is 5.82 Å². The predicted molar refractivity (Wildman–Crippen MR) is 98.9 cm³/mol. The zero-order chi connectivity index (χ0) is 17.8. The first-order valence-electron chi connectivity index (χ1n) is 9.13. The van der Waals surface area contributed by atoms with Gasteiger partial charge in [0, 0.05) is 31.2 Å². The fourth-order valence-corrected chi connectivity index (χ4v) is 3.87. The number of fused-ring (bicyclic) bond motifs is 1. The van der Waals surface area contributed by atoms with Gasteiger partial charge in [-0.15, -0.1) is 0 Å². The minimum absolute atomic E-state index is 0.199. The smallest absolute Gasteiger partial charge is 0.124 e. The summed E-state index contributed by atoms with van der Waals surface area (Å²) in [6, 6.07) is 6.91. The number of nitrogens with zero attached hydrogens (tertiary/aromatic N) is 3. The van der Waals surface area contributed by atoms with E-state index >= 15 is 0 Å². The van der Waals surface area contributed by atoms with Crippen LogP contribution in [-0.4, -0.2) is 59.2 Å². The SMILES string of the molecule is C[C@@H](O)CN1CCC(CN(C)Cc2cc(F)cc3cccnc23)CC1. The van der Waals surface area contributed by atoms with E-state index in [-0.39, 0.29) is 11.9 Å². The van der Waals surface area contributed by atoms with Gasteiger partial charge in [0.25, 0.3) is 0 Å². The Labute approximate surface area is 149 Å². The van der Waals surface area contributed by atoms with Gasteiger partial charge in [-0.05, 0) is 69.6 Å². The Morgan fingerprint density at radius 3 is 2.84 bits per heavy atom. The molecule has 4 nitrogen and oxygen atoms in total. The predicted octanol–water partition coefficient (Wildman–Crippen LogP) is 2.90. The molecule has 3 rings (SSSR count). The van der Waals surface area contributed by atoms with Gasteiger partial charge in [-0.3, -0.25) is 4.98 Å². The highest BCUT2D eigenvalue weighted by atomic mass is 19.1. The number of piperidine rings is 1. The number of likely N-dealkylation sites (tertiary alicyclic amines) is 1. The van der Waals surface area contributed by atoms with E-state index in [1.54, 1.807) is 18.3 Å². The normalized spacial score (nSPS) is 18.1. The van der Waals surface area contributed by atoms with Crippen molar-refractivity contribution in [3.05, 3.63) is 41.8 Å². The van der Waals surface area contributed by atoms with Gasteiger partial charge in [-0.2, -0.15) is 0 Å². The number of aliphatic hydroxyl groups excluding tert-OH is 1. The standard InChI is InChI=1S/C20H28FN3O/c1-15(25)12-24-8-5-16(6-9-24)13-23(2)14-18-11-19(21)10-17-4-3-7-22-20(17)18/h3-4,7,10-11,15-16,25H,5-6,8-9,12-14H2,1-2H3/t15-/m1/s1. The highest BCUT2D eigenvalue weighted by molar-refractivity contribution is 5.81. The molecule has 0 amide bonds. The Kier molecular flexibility index (Phi) is 5.99. The number of β-amino-alcohol motifs (C(OH)–C–C–N with tert-alkyl or cyclic N) is 1. The van der Waals surface area contributed by atoms with Crippen molar-refractivity contribution in [3.63, 3.8) is 0 Å². The molecule has 1 aliphatic heterocycles. The van der Waals surface area contributed by atoms with Gasteiger partial charge in [0.15, 0.2) is 0 Å². The molecule has 1 aliphatic rings. The third kappa shape index (κ3) is 4.97.